The van der Waals surface area contributed by atoms with Gasteiger partial charge in [-0.25, -0.2) is 4.79 Å². The first kappa shape index (κ1) is 36.8. The van der Waals surface area contributed by atoms with Gasteiger partial charge in [0.25, 0.3) is 0 Å². The third-order valence-electron chi connectivity index (χ3n) is 5.72. The van der Waals surface area contributed by atoms with Crippen molar-refractivity contribution in [1.29, 1.82) is 0 Å². The molecule has 0 aromatic heterocycles. The monoisotopic (exact) mass is 587 g/mol. The number of nitrogens with one attached hydrogen (secondary N) is 3. The first-order valence-electron chi connectivity index (χ1n) is 13.2. The number of unbranched alkanes of at least 4 members (excludes halogenated alkanes) is 1. The van der Waals surface area contributed by atoms with Gasteiger partial charge in [0.1, 0.15) is 18.1 Å². The van der Waals surface area contributed by atoms with Gasteiger partial charge in [0.2, 0.25) is 17.7 Å². The van der Waals surface area contributed by atoms with E-state index < -0.39 is 60.2 Å². The lowest BCUT2D eigenvalue weighted by molar-refractivity contribution is -0.143. The number of carboxylic acid groups (broad SMARTS) is 2. The maximum absolute atomic E-state index is 13.2. The summed E-state index contributed by atoms with van der Waals surface area (Å²) < 4.78 is 0. The highest BCUT2D eigenvalue weighted by atomic mass is 16.4. The van der Waals surface area contributed by atoms with Crippen molar-refractivity contribution in [2.45, 2.75) is 82.0 Å². The van der Waals surface area contributed by atoms with Gasteiger partial charge in [-0.15, -0.1) is 0 Å². The highest BCUT2D eigenvalue weighted by Crippen LogP contribution is 2.07. The Balaban J connectivity index is 5.64. The summed E-state index contributed by atoms with van der Waals surface area (Å²) >= 11 is 0. The summed E-state index contributed by atoms with van der Waals surface area (Å²) in [7, 11) is 0. The van der Waals surface area contributed by atoms with Crippen molar-refractivity contribution in [2.75, 3.05) is 19.6 Å². The summed E-state index contributed by atoms with van der Waals surface area (Å²) in [6.07, 6.45) is 1.11. The summed E-state index contributed by atoms with van der Waals surface area (Å²) in [5, 5.41) is 25.9. The molecule has 41 heavy (non-hydrogen) atoms. The number of carboxylic acids is 2. The van der Waals surface area contributed by atoms with E-state index in [-0.39, 0.29) is 57.1 Å². The Bertz CT molecular complexity index is 922. The molecule has 0 fully saturated rings. The molecule has 0 aromatic carbocycles. The van der Waals surface area contributed by atoms with Gasteiger partial charge in [-0.05, 0) is 57.9 Å². The van der Waals surface area contributed by atoms with Crippen LogP contribution in [0.25, 0.3) is 0 Å². The molecular formula is C23H45N11O7. The van der Waals surface area contributed by atoms with Crippen LogP contribution in [0.5, 0.6) is 0 Å². The van der Waals surface area contributed by atoms with Gasteiger partial charge in [0, 0.05) is 19.5 Å². The minimum atomic E-state index is -1.40. The zero-order chi connectivity index (χ0) is 31.4. The van der Waals surface area contributed by atoms with Crippen LogP contribution in [0.1, 0.15) is 57.8 Å². The van der Waals surface area contributed by atoms with Gasteiger partial charge in [-0.3, -0.25) is 29.2 Å². The third-order valence-corrected chi connectivity index (χ3v) is 5.72. The minimum Gasteiger partial charge on any atom is -0.481 e. The number of nitrogens with zero attached hydrogens (tertiary/aromatic N) is 2. The summed E-state index contributed by atoms with van der Waals surface area (Å²) in [5.41, 5.74) is 32.5. The lowest BCUT2D eigenvalue weighted by Gasteiger charge is -2.25. The average molecular weight is 588 g/mol. The van der Waals surface area contributed by atoms with E-state index in [9.17, 15) is 29.1 Å². The van der Waals surface area contributed by atoms with E-state index in [1.165, 1.54) is 0 Å². The maximum Gasteiger partial charge on any atom is 0.326 e. The van der Waals surface area contributed by atoms with Crippen molar-refractivity contribution in [3.8, 4) is 0 Å². The molecule has 17 N–H and O–H groups in total. The number of aliphatic imine (C=N–C) groups is 2. The van der Waals surface area contributed by atoms with Crippen LogP contribution in [0, 0.1) is 0 Å². The fourth-order valence-corrected chi connectivity index (χ4v) is 3.53. The van der Waals surface area contributed by atoms with Crippen LogP contribution >= 0.6 is 0 Å². The molecule has 0 saturated carbocycles. The number of guanidine groups is 2. The fraction of sp³-hybridized carbons (Fsp3) is 0.696. The molecule has 0 aliphatic rings. The molecule has 0 heterocycles. The lowest BCUT2D eigenvalue weighted by atomic mass is 10.0. The molecule has 0 aliphatic carbocycles. The summed E-state index contributed by atoms with van der Waals surface area (Å²) in [6, 6.07) is -4.88. The third kappa shape index (κ3) is 17.9. The highest BCUT2D eigenvalue weighted by molar-refractivity contribution is 5.94. The molecule has 4 unspecified atom stereocenters. The number of aliphatic carboxylic acids is 2. The van der Waals surface area contributed by atoms with Gasteiger partial charge in [-0.1, -0.05) is 0 Å². The first-order chi connectivity index (χ1) is 19.3. The van der Waals surface area contributed by atoms with Gasteiger partial charge < -0.3 is 60.6 Å². The molecule has 0 spiro atoms. The molecule has 234 valence electrons. The predicted molar refractivity (Wildman–Crippen MR) is 151 cm³/mol. The molecule has 0 aromatic rings. The molecular weight excluding hydrogens is 542 g/mol. The van der Waals surface area contributed by atoms with Crippen molar-refractivity contribution in [3.05, 3.63) is 0 Å². The average Bonchev–Trinajstić information content (AvgIpc) is 2.89. The highest BCUT2D eigenvalue weighted by Gasteiger charge is 2.30. The van der Waals surface area contributed by atoms with E-state index in [1.807, 2.05) is 0 Å². The Hall–Kier alpha value is -4.19. The Morgan fingerprint density at radius 1 is 0.634 bits per heavy atom. The van der Waals surface area contributed by atoms with Crippen LogP contribution in [0.2, 0.25) is 0 Å². The van der Waals surface area contributed by atoms with Crippen LogP contribution in [0.15, 0.2) is 9.98 Å². The number of carbonyl (C=O) groups excluding carboxylic acids is 3. The second kappa shape index (κ2) is 20.7. The minimum absolute atomic E-state index is 0.0409. The second-order valence-corrected chi connectivity index (χ2v) is 9.24. The Morgan fingerprint density at radius 2 is 1.10 bits per heavy atom. The van der Waals surface area contributed by atoms with Gasteiger partial charge in [0.05, 0.1) is 6.04 Å². The normalized spacial score (nSPS) is 13.5. The summed E-state index contributed by atoms with van der Waals surface area (Å²) in [6.45, 7) is 0.724. The fourth-order valence-electron chi connectivity index (χ4n) is 3.53. The number of hydrogen-bond donors (Lipinski definition) is 11. The Kier molecular flexibility index (Phi) is 18.6. The SMILES string of the molecule is NCCCCC(NC(=O)C(CCC(=O)O)NC(=O)C(CCCN=C(N)N)NC(=O)C(N)CCCN=C(N)N)C(=O)O. The van der Waals surface area contributed by atoms with Crippen LogP contribution in [0.4, 0.5) is 0 Å². The summed E-state index contributed by atoms with van der Waals surface area (Å²) in [4.78, 5) is 69.3. The number of rotatable bonds is 22. The van der Waals surface area contributed by atoms with E-state index >= 15 is 0 Å². The topological polar surface area (TPSA) is 343 Å². The molecule has 4 atom stereocenters. The van der Waals surface area contributed by atoms with Gasteiger partial charge >= 0.3 is 11.9 Å². The van der Waals surface area contributed by atoms with E-state index in [4.69, 9.17) is 39.5 Å². The number of amides is 3. The Morgan fingerprint density at radius 3 is 1.59 bits per heavy atom. The zero-order valence-corrected chi connectivity index (χ0v) is 23.1. The second-order valence-electron chi connectivity index (χ2n) is 9.24. The van der Waals surface area contributed by atoms with E-state index in [0.717, 1.165) is 0 Å². The molecule has 0 radical (unpaired) electrons. The van der Waals surface area contributed by atoms with Crippen molar-refractivity contribution in [1.82, 2.24) is 16.0 Å². The molecule has 0 bridgehead atoms. The van der Waals surface area contributed by atoms with E-state index in [0.29, 0.717) is 25.8 Å². The zero-order valence-electron chi connectivity index (χ0n) is 23.1. The Labute approximate surface area is 238 Å². The lowest BCUT2D eigenvalue weighted by Crippen LogP contribution is -2.57. The van der Waals surface area contributed by atoms with Crippen molar-refractivity contribution in [2.24, 2.45) is 44.4 Å². The van der Waals surface area contributed by atoms with Gasteiger partial charge in [0.15, 0.2) is 11.9 Å². The van der Waals surface area contributed by atoms with E-state index in [2.05, 4.69) is 25.9 Å². The van der Waals surface area contributed by atoms with Crippen LogP contribution in [0.3, 0.4) is 0 Å². The molecule has 18 nitrogen and oxygen atoms in total. The maximum atomic E-state index is 13.2. The van der Waals surface area contributed by atoms with Crippen LogP contribution in [-0.2, 0) is 24.0 Å². The predicted octanol–water partition coefficient (Wildman–Crippen LogP) is -4.05. The van der Waals surface area contributed by atoms with Crippen LogP contribution < -0.4 is 50.4 Å². The van der Waals surface area contributed by atoms with Gasteiger partial charge in [-0.2, -0.15) is 0 Å². The number of carbonyl (C=O) groups is 5. The van der Waals surface area contributed by atoms with Crippen molar-refractivity contribution >= 4 is 41.6 Å². The number of hydrogen-bond acceptors (Lipinski definition) is 9. The number of nitrogens with two attached hydrogens (primary N) is 6. The molecule has 18 heteroatoms. The quantitative estimate of drug-likeness (QED) is 0.0326. The molecule has 0 saturated heterocycles. The summed E-state index contributed by atoms with van der Waals surface area (Å²) in [5.74, 6) is -5.15. The largest absolute Gasteiger partial charge is 0.481 e. The molecule has 0 aliphatic heterocycles. The van der Waals surface area contributed by atoms with Crippen molar-refractivity contribution in [3.63, 3.8) is 0 Å². The van der Waals surface area contributed by atoms with Crippen LogP contribution in [-0.4, -0.2) is 95.6 Å². The molecule has 3 amide bonds. The standard InChI is InChI=1S/C23H45N11O7/c24-10-2-1-6-16(21(40)41)34-20(39)15(8-9-17(35)36)33-19(38)14(7-4-12-31-23(28)29)32-18(37)13(25)5-3-11-30-22(26)27/h13-16H,1-12,24-25H2,(H,32,37)(H,33,38)(H,34,39)(H,35,36)(H,40,41)(H4,26,27,30)(H4,28,29,31). The molecule has 0 rings (SSSR count). The first-order valence-corrected chi connectivity index (χ1v) is 13.2. The van der Waals surface area contributed by atoms with Crippen molar-refractivity contribution < 1.29 is 34.2 Å². The smallest absolute Gasteiger partial charge is 0.326 e. The van der Waals surface area contributed by atoms with E-state index in [1.54, 1.807) is 0 Å².